The summed E-state index contributed by atoms with van der Waals surface area (Å²) in [5, 5.41) is 8.87. The first kappa shape index (κ1) is 22.1. The van der Waals surface area contributed by atoms with Crippen LogP contribution in [0.4, 0.5) is 0 Å². The minimum atomic E-state index is -4.67. The Kier molecular flexibility index (Phi) is 15.3. The smallest absolute Gasteiger partial charge is 0.394 e. The summed E-state index contributed by atoms with van der Waals surface area (Å²) in [5.41, 5.74) is 0. The Bertz CT molecular complexity index is 282. The van der Waals surface area contributed by atoms with Crippen molar-refractivity contribution < 1.29 is 22.6 Å². The van der Waals surface area contributed by atoms with Gasteiger partial charge in [-0.25, -0.2) is 0 Å². The molecule has 0 rings (SSSR count). The lowest BCUT2D eigenvalue weighted by Gasteiger charge is -2.10. The molecule has 0 aliphatic carbocycles. The molecule has 0 aromatic heterocycles. The van der Waals surface area contributed by atoms with E-state index in [1.54, 1.807) is 0 Å². The Labute approximate surface area is 124 Å². The van der Waals surface area contributed by atoms with Crippen molar-refractivity contribution in [2.45, 2.75) is 72.1 Å². The van der Waals surface area contributed by atoms with Crippen LogP contribution < -0.4 is 0 Å². The van der Waals surface area contributed by atoms with Crippen LogP contribution in [-0.4, -0.2) is 29.2 Å². The van der Waals surface area contributed by atoms with E-state index < -0.39 is 10.4 Å². The maximum Gasteiger partial charge on any atom is 0.394 e. The molecule has 0 aromatic rings. The molecule has 124 valence electrons. The van der Waals surface area contributed by atoms with Crippen LogP contribution in [0.5, 0.6) is 0 Å². The van der Waals surface area contributed by atoms with Crippen molar-refractivity contribution in [1.82, 2.24) is 0 Å². The van der Waals surface area contributed by atoms with E-state index in [1.165, 1.54) is 51.4 Å². The van der Waals surface area contributed by atoms with Crippen molar-refractivity contribution in [2.24, 2.45) is 11.8 Å². The summed E-state index contributed by atoms with van der Waals surface area (Å²) < 4.78 is 31.6. The topological polar surface area (TPSA) is 94.8 Å². The number of aliphatic hydroxyl groups is 1. The molecule has 0 aromatic carbocycles. The van der Waals surface area contributed by atoms with E-state index in [1.807, 2.05) is 0 Å². The second-order valence-electron chi connectivity index (χ2n) is 5.62. The van der Waals surface area contributed by atoms with Crippen molar-refractivity contribution in [1.29, 1.82) is 0 Å². The van der Waals surface area contributed by atoms with Gasteiger partial charge in [-0.15, -0.1) is 0 Å². The average Bonchev–Trinajstić information content (AvgIpc) is 2.31. The molecule has 3 N–H and O–H groups in total. The highest BCUT2D eigenvalue weighted by Gasteiger charge is 2.01. The van der Waals surface area contributed by atoms with Crippen LogP contribution in [0.3, 0.4) is 0 Å². The molecular formula is C14H32O5S. The van der Waals surface area contributed by atoms with Gasteiger partial charge in [0, 0.05) is 6.61 Å². The highest BCUT2D eigenvalue weighted by atomic mass is 32.3. The highest BCUT2D eigenvalue weighted by molar-refractivity contribution is 7.79. The molecule has 6 heteroatoms. The van der Waals surface area contributed by atoms with E-state index in [-0.39, 0.29) is 0 Å². The molecule has 0 heterocycles. The Balaban J connectivity index is 0. The normalized spacial score (nSPS) is 14.3. The number of aliphatic hydroxyl groups excluding tert-OH is 1. The first-order valence-electron chi connectivity index (χ1n) is 7.51. The first-order chi connectivity index (χ1) is 9.20. The number of rotatable bonds is 10. The molecule has 0 saturated heterocycles. The third-order valence-electron chi connectivity index (χ3n) is 3.24. The number of hydrogen-bond donors (Lipinski definition) is 3. The molecule has 20 heavy (non-hydrogen) atoms. The third-order valence-corrected chi connectivity index (χ3v) is 3.24. The second kappa shape index (κ2) is 13.8. The van der Waals surface area contributed by atoms with Crippen LogP contribution in [0, 0.1) is 11.8 Å². The molecule has 0 fully saturated rings. The molecule has 0 aliphatic heterocycles. The molecule has 5 nitrogen and oxygen atoms in total. The predicted octanol–water partition coefficient (Wildman–Crippen LogP) is 3.74. The van der Waals surface area contributed by atoms with Crippen molar-refractivity contribution >= 4 is 10.4 Å². The second-order valence-corrected chi connectivity index (χ2v) is 6.52. The van der Waals surface area contributed by atoms with Gasteiger partial charge in [-0.1, -0.05) is 65.7 Å². The zero-order chi connectivity index (χ0) is 16.0. The van der Waals surface area contributed by atoms with Gasteiger partial charge in [-0.3, -0.25) is 9.11 Å². The van der Waals surface area contributed by atoms with E-state index >= 15 is 0 Å². The van der Waals surface area contributed by atoms with E-state index in [4.69, 9.17) is 22.6 Å². The number of hydrogen-bond acceptors (Lipinski definition) is 3. The first-order valence-corrected chi connectivity index (χ1v) is 8.91. The minimum Gasteiger partial charge on any atom is -0.396 e. The molecule has 0 radical (unpaired) electrons. The van der Waals surface area contributed by atoms with Gasteiger partial charge in [0.1, 0.15) is 0 Å². The average molecular weight is 312 g/mol. The van der Waals surface area contributed by atoms with Gasteiger partial charge in [-0.2, -0.15) is 8.42 Å². The molecule has 0 aliphatic rings. The summed E-state index contributed by atoms with van der Waals surface area (Å²) in [6.45, 7) is 7.13. The zero-order valence-corrected chi connectivity index (χ0v) is 13.9. The van der Waals surface area contributed by atoms with Crippen LogP contribution in [0.15, 0.2) is 0 Å². The fourth-order valence-electron chi connectivity index (χ4n) is 2.07. The summed E-state index contributed by atoms with van der Waals surface area (Å²) in [4.78, 5) is 0. The number of unbranched alkanes of at least 4 members (excludes halogenated alkanes) is 3. The Morgan fingerprint density at radius 3 is 1.60 bits per heavy atom. The quantitative estimate of drug-likeness (QED) is 0.422. The maximum atomic E-state index is 8.87. The maximum absolute atomic E-state index is 8.87. The van der Waals surface area contributed by atoms with Gasteiger partial charge in [0.2, 0.25) is 0 Å². The minimum absolute atomic E-state index is 0.355. The van der Waals surface area contributed by atoms with Gasteiger partial charge in [0.25, 0.3) is 0 Å². The van der Waals surface area contributed by atoms with E-state index in [2.05, 4.69) is 20.8 Å². The van der Waals surface area contributed by atoms with Crippen molar-refractivity contribution in [3.05, 3.63) is 0 Å². The Morgan fingerprint density at radius 2 is 1.25 bits per heavy atom. The SMILES string of the molecule is CCCC(C)CCCCCCC(C)CO.O=S(=O)(O)O. The van der Waals surface area contributed by atoms with Gasteiger partial charge >= 0.3 is 10.4 Å². The molecule has 0 spiro atoms. The standard InChI is InChI=1S/C14H30O.H2O4S/c1-4-9-13(2)10-7-5-6-8-11-14(3)12-15;1-5(2,3)4/h13-15H,4-12H2,1-3H3;(H2,1,2,3,4). The lowest BCUT2D eigenvalue weighted by atomic mass is 9.97. The molecule has 2 atom stereocenters. The molecule has 0 saturated carbocycles. The van der Waals surface area contributed by atoms with Crippen LogP contribution in [0.25, 0.3) is 0 Å². The van der Waals surface area contributed by atoms with E-state index in [9.17, 15) is 0 Å². The van der Waals surface area contributed by atoms with Gasteiger partial charge in [0.05, 0.1) is 0 Å². The Morgan fingerprint density at radius 1 is 0.850 bits per heavy atom. The summed E-state index contributed by atoms with van der Waals surface area (Å²) in [5.74, 6) is 1.43. The van der Waals surface area contributed by atoms with Crippen molar-refractivity contribution in [3.63, 3.8) is 0 Å². The van der Waals surface area contributed by atoms with Gasteiger partial charge in [0.15, 0.2) is 0 Å². The highest BCUT2D eigenvalue weighted by Crippen LogP contribution is 2.16. The summed E-state index contributed by atoms with van der Waals surface area (Å²) >= 11 is 0. The van der Waals surface area contributed by atoms with Crippen LogP contribution in [0.1, 0.15) is 72.1 Å². The van der Waals surface area contributed by atoms with Gasteiger partial charge in [-0.05, 0) is 18.3 Å². The van der Waals surface area contributed by atoms with Crippen LogP contribution in [0.2, 0.25) is 0 Å². The molecule has 0 amide bonds. The summed E-state index contributed by atoms with van der Waals surface area (Å²) in [7, 11) is -4.67. The van der Waals surface area contributed by atoms with Crippen LogP contribution in [-0.2, 0) is 10.4 Å². The fourth-order valence-corrected chi connectivity index (χ4v) is 2.07. The largest absolute Gasteiger partial charge is 0.396 e. The van der Waals surface area contributed by atoms with E-state index in [0.717, 1.165) is 5.92 Å². The molecule has 0 bridgehead atoms. The van der Waals surface area contributed by atoms with Crippen LogP contribution >= 0.6 is 0 Å². The third kappa shape index (κ3) is 26.4. The van der Waals surface area contributed by atoms with Crippen molar-refractivity contribution in [2.75, 3.05) is 6.61 Å². The van der Waals surface area contributed by atoms with E-state index in [0.29, 0.717) is 12.5 Å². The molecule has 2 unspecified atom stereocenters. The Hall–Kier alpha value is -0.170. The summed E-state index contributed by atoms with van der Waals surface area (Å²) in [6, 6.07) is 0. The summed E-state index contributed by atoms with van der Waals surface area (Å²) in [6.07, 6.45) is 10.7. The lowest BCUT2D eigenvalue weighted by Crippen LogP contribution is -2.00. The van der Waals surface area contributed by atoms with Gasteiger partial charge < -0.3 is 5.11 Å². The fraction of sp³-hybridized carbons (Fsp3) is 1.00. The molecular weight excluding hydrogens is 280 g/mol. The monoisotopic (exact) mass is 312 g/mol. The predicted molar refractivity (Wildman–Crippen MR) is 82.2 cm³/mol. The zero-order valence-electron chi connectivity index (χ0n) is 13.1. The lowest BCUT2D eigenvalue weighted by molar-refractivity contribution is 0.227. The van der Waals surface area contributed by atoms with Crippen molar-refractivity contribution in [3.8, 4) is 0 Å².